The molecule has 94 valence electrons. The van der Waals surface area contributed by atoms with Crippen molar-refractivity contribution in [3.63, 3.8) is 0 Å². The van der Waals surface area contributed by atoms with Crippen LogP contribution in [0.4, 0.5) is 0 Å². The third-order valence-electron chi connectivity index (χ3n) is 2.78. The van der Waals surface area contributed by atoms with Crippen LogP contribution in [-0.2, 0) is 10.8 Å². The van der Waals surface area contributed by atoms with E-state index in [4.69, 9.17) is 0 Å². The highest BCUT2D eigenvalue weighted by molar-refractivity contribution is 7.84. The van der Waals surface area contributed by atoms with Crippen LogP contribution in [0.3, 0.4) is 0 Å². The van der Waals surface area contributed by atoms with Crippen LogP contribution in [0.25, 0.3) is 0 Å². The van der Waals surface area contributed by atoms with Gasteiger partial charge in [-0.05, 0) is 44.5 Å². The van der Waals surface area contributed by atoms with E-state index in [1.807, 2.05) is 20.8 Å². The third-order valence-corrected chi connectivity index (χ3v) is 3.72. The fourth-order valence-corrected chi connectivity index (χ4v) is 1.79. The van der Waals surface area contributed by atoms with Crippen LogP contribution in [0.5, 0.6) is 0 Å². The molecule has 0 saturated heterocycles. The first kappa shape index (κ1) is 13.9. The van der Waals surface area contributed by atoms with Crippen molar-refractivity contribution in [2.45, 2.75) is 37.6 Å². The second kappa shape index (κ2) is 5.45. The number of rotatable bonds is 4. The molecule has 0 bridgehead atoms. The van der Waals surface area contributed by atoms with Gasteiger partial charge in [-0.3, -0.25) is 9.00 Å². The van der Waals surface area contributed by atoms with Crippen molar-refractivity contribution >= 4 is 16.7 Å². The van der Waals surface area contributed by atoms with Crippen molar-refractivity contribution in [2.24, 2.45) is 0 Å². The predicted molar refractivity (Wildman–Crippen MR) is 70.6 cm³/mol. The number of carbonyl (C=O) groups is 1. The maximum atomic E-state index is 11.9. The largest absolute Gasteiger partial charge is 0.347 e. The monoisotopic (exact) mass is 253 g/mol. The summed E-state index contributed by atoms with van der Waals surface area (Å²) < 4.78 is 11.2. The Morgan fingerprint density at radius 1 is 1.29 bits per heavy atom. The highest BCUT2D eigenvalue weighted by Crippen LogP contribution is 2.11. The van der Waals surface area contributed by atoms with Gasteiger partial charge in [-0.2, -0.15) is 0 Å². The summed E-state index contributed by atoms with van der Waals surface area (Å²) in [6, 6.07) is 6.86. The summed E-state index contributed by atoms with van der Waals surface area (Å²) in [5.41, 5.74) is 0.393. The molecule has 4 heteroatoms. The molecule has 1 aromatic carbocycles. The second-order valence-corrected chi connectivity index (χ2v) is 6.05. The van der Waals surface area contributed by atoms with E-state index in [0.717, 1.165) is 11.3 Å². The first-order valence-corrected chi connectivity index (χ1v) is 7.17. The summed E-state index contributed by atoms with van der Waals surface area (Å²) in [4.78, 5) is 12.6. The minimum absolute atomic E-state index is 0.0923. The molecule has 1 rings (SSSR count). The van der Waals surface area contributed by atoms with Gasteiger partial charge in [0, 0.05) is 33.1 Å². The van der Waals surface area contributed by atoms with Crippen LogP contribution in [0.15, 0.2) is 29.2 Å². The van der Waals surface area contributed by atoms with E-state index in [9.17, 15) is 9.00 Å². The fourth-order valence-electron chi connectivity index (χ4n) is 1.27. The fraction of sp³-hybridized carbons (Fsp3) is 0.462. The Morgan fingerprint density at radius 3 is 2.24 bits per heavy atom. The first-order valence-electron chi connectivity index (χ1n) is 5.62. The summed E-state index contributed by atoms with van der Waals surface area (Å²) >= 11 is 0. The van der Waals surface area contributed by atoms with E-state index in [0.29, 0.717) is 5.56 Å². The smallest absolute Gasteiger partial charge is 0.251 e. The maximum Gasteiger partial charge on any atom is 0.251 e. The van der Waals surface area contributed by atoms with E-state index in [1.54, 1.807) is 30.5 Å². The first-order chi connectivity index (χ1) is 7.85. The van der Waals surface area contributed by atoms with E-state index >= 15 is 0 Å². The second-order valence-electron chi connectivity index (χ2n) is 4.67. The lowest BCUT2D eigenvalue weighted by molar-refractivity contribution is 0.0911. The number of benzene rings is 1. The van der Waals surface area contributed by atoms with E-state index in [-0.39, 0.29) is 11.4 Å². The van der Waals surface area contributed by atoms with Gasteiger partial charge in [-0.15, -0.1) is 0 Å². The molecule has 0 aliphatic rings. The van der Waals surface area contributed by atoms with Gasteiger partial charge in [0.15, 0.2) is 0 Å². The van der Waals surface area contributed by atoms with Crippen LogP contribution in [0.1, 0.15) is 37.6 Å². The van der Waals surface area contributed by atoms with E-state index in [1.165, 1.54) is 0 Å². The number of nitrogens with one attached hydrogen (secondary N) is 1. The summed E-state index contributed by atoms with van der Waals surface area (Å²) in [6.07, 6.45) is 2.49. The third kappa shape index (κ3) is 3.97. The Bertz CT molecular complexity index is 424. The zero-order valence-corrected chi connectivity index (χ0v) is 11.6. The Kier molecular flexibility index (Phi) is 4.46. The van der Waals surface area contributed by atoms with Gasteiger partial charge < -0.3 is 5.32 Å². The molecule has 0 aliphatic heterocycles. The number of amides is 1. The van der Waals surface area contributed by atoms with Crippen molar-refractivity contribution < 1.29 is 9.00 Å². The normalized spacial score (nSPS) is 13.2. The van der Waals surface area contributed by atoms with Gasteiger partial charge >= 0.3 is 0 Å². The SMILES string of the molecule is CCC(C)(C)NC(=O)c1ccc([S@@](C)=O)cc1. The molecule has 0 aliphatic carbocycles. The van der Waals surface area contributed by atoms with Crippen LogP contribution in [0, 0.1) is 0 Å². The lowest BCUT2D eigenvalue weighted by Gasteiger charge is -2.24. The molecule has 1 aromatic rings. The number of hydrogen-bond donors (Lipinski definition) is 1. The molecule has 3 nitrogen and oxygen atoms in total. The van der Waals surface area contributed by atoms with Crippen molar-refractivity contribution in [3.05, 3.63) is 29.8 Å². The number of carbonyl (C=O) groups excluding carboxylic acids is 1. The molecule has 0 radical (unpaired) electrons. The molecule has 1 atom stereocenters. The Morgan fingerprint density at radius 2 is 1.82 bits per heavy atom. The molecule has 0 saturated carbocycles. The molecule has 0 aromatic heterocycles. The van der Waals surface area contributed by atoms with Crippen molar-refractivity contribution in [2.75, 3.05) is 6.26 Å². The lowest BCUT2D eigenvalue weighted by atomic mass is 10.0. The van der Waals surface area contributed by atoms with Crippen LogP contribution in [0.2, 0.25) is 0 Å². The van der Waals surface area contributed by atoms with Crippen molar-refractivity contribution in [1.29, 1.82) is 0 Å². The van der Waals surface area contributed by atoms with Gasteiger partial charge in [0.2, 0.25) is 0 Å². The molecule has 17 heavy (non-hydrogen) atoms. The zero-order chi connectivity index (χ0) is 13.1. The van der Waals surface area contributed by atoms with Crippen LogP contribution < -0.4 is 5.32 Å². The van der Waals surface area contributed by atoms with Gasteiger partial charge in [0.1, 0.15) is 0 Å². The van der Waals surface area contributed by atoms with Gasteiger partial charge in [0.25, 0.3) is 5.91 Å². The topological polar surface area (TPSA) is 46.2 Å². The Hall–Kier alpha value is -1.16. The molecule has 1 N–H and O–H groups in total. The molecular formula is C13H19NO2S. The van der Waals surface area contributed by atoms with Gasteiger partial charge in [0.05, 0.1) is 0 Å². The van der Waals surface area contributed by atoms with Gasteiger partial charge in [-0.25, -0.2) is 0 Å². The molecule has 0 unspecified atom stereocenters. The zero-order valence-electron chi connectivity index (χ0n) is 10.7. The average molecular weight is 253 g/mol. The lowest BCUT2D eigenvalue weighted by Crippen LogP contribution is -2.42. The minimum Gasteiger partial charge on any atom is -0.347 e. The van der Waals surface area contributed by atoms with Crippen LogP contribution in [-0.4, -0.2) is 21.9 Å². The summed E-state index contributed by atoms with van der Waals surface area (Å²) in [5, 5.41) is 2.96. The highest BCUT2D eigenvalue weighted by atomic mass is 32.2. The van der Waals surface area contributed by atoms with Crippen LogP contribution >= 0.6 is 0 Å². The summed E-state index contributed by atoms with van der Waals surface area (Å²) in [7, 11) is -1.00. The maximum absolute atomic E-state index is 11.9. The van der Waals surface area contributed by atoms with Gasteiger partial charge in [-0.1, -0.05) is 6.92 Å². The molecule has 0 spiro atoms. The Labute approximate surface area is 105 Å². The predicted octanol–water partition coefficient (Wildman–Crippen LogP) is 2.34. The van der Waals surface area contributed by atoms with Crippen molar-refractivity contribution in [1.82, 2.24) is 5.32 Å². The van der Waals surface area contributed by atoms with E-state index < -0.39 is 10.8 Å². The average Bonchev–Trinajstić information content (AvgIpc) is 2.28. The molecule has 0 fully saturated rings. The van der Waals surface area contributed by atoms with Crippen molar-refractivity contribution in [3.8, 4) is 0 Å². The molecular weight excluding hydrogens is 234 g/mol. The Balaban J connectivity index is 2.80. The standard InChI is InChI=1S/C13H19NO2S/c1-5-13(2,3)14-12(15)10-6-8-11(9-7-10)17(4)16/h6-9H,5H2,1-4H3,(H,14,15)/t17-/m1/s1. The summed E-state index contributed by atoms with van der Waals surface area (Å²) in [5.74, 6) is -0.0923. The minimum atomic E-state index is -1.00. The quantitative estimate of drug-likeness (QED) is 0.895. The van der Waals surface area contributed by atoms with E-state index in [2.05, 4.69) is 5.32 Å². The number of hydrogen-bond acceptors (Lipinski definition) is 2. The molecule has 0 heterocycles. The summed E-state index contributed by atoms with van der Waals surface area (Å²) in [6.45, 7) is 6.00. The molecule has 1 amide bonds. The highest BCUT2D eigenvalue weighted by Gasteiger charge is 2.18.